The van der Waals surface area contributed by atoms with E-state index in [1.165, 1.54) is 19.4 Å². The summed E-state index contributed by atoms with van der Waals surface area (Å²) in [5.74, 6) is 2.04. The molecule has 1 aromatic rings. The third-order valence-electron chi connectivity index (χ3n) is 3.49. The first-order valence-corrected chi connectivity index (χ1v) is 6.05. The van der Waals surface area contributed by atoms with Crippen LogP contribution in [0, 0.1) is 0 Å². The molecule has 0 saturated carbocycles. The number of hydrogen-bond donors (Lipinski definition) is 1. The van der Waals surface area contributed by atoms with Crippen LogP contribution in [0.2, 0.25) is 0 Å². The Balaban J connectivity index is 1.97. The monoisotopic (exact) mass is 223 g/mol. The fraction of sp³-hybridized carbons (Fsp3) is 0.750. The van der Waals surface area contributed by atoms with Crippen molar-refractivity contribution in [3.8, 4) is 0 Å². The van der Waals surface area contributed by atoms with Crippen LogP contribution >= 0.6 is 0 Å². The van der Waals surface area contributed by atoms with Gasteiger partial charge in [-0.3, -0.25) is 0 Å². The maximum atomic E-state index is 5.73. The summed E-state index contributed by atoms with van der Waals surface area (Å²) in [4.78, 5) is 6.72. The molecule has 90 valence electrons. The predicted molar refractivity (Wildman–Crippen MR) is 63.3 cm³/mol. The molecule has 0 radical (unpaired) electrons. The maximum Gasteiger partial charge on any atom is 0.195 e. The minimum atomic E-state index is 0.266. The van der Waals surface area contributed by atoms with Gasteiger partial charge < -0.3 is 15.1 Å². The molecule has 0 amide bonds. The lowest BCUT2D eigenvalue weighted by Crippen LogP contribution is -2.26. The Bertz CT molecular complexity index is 337. The summed E-state index contributed by atoms with van der Waals surface area (Å²) in [6.07, 6.45) is 5.28. The van der Waals surface area contributed by atoms with Crippen LogP contribution in [0.4, 0.5) is 0 Å². The maximum absolute atomic E-state index is 5.73. The van der Waals surface area contributed by atoms with E-state index in [0.717, 1.165) is 18.1 Å². The van der Waals surface area contributed by atoms with E-state index >= 15 is 0 Å². The standard InChI is InChI=1S/C12H21N3O/c1-9(7-13)11-8-14-12(16-11)6-10-4-3-5-15(10)2/h8-10H,3-7,13H2,1-2H3. The zero-order valence-electron chi connectivity index (χ0n) is 10.1. The Kier molecular flexibility index (Phi) is 3.61. The molecule has 0 aliphatic carbocycles. The van der Waals surface area contributed by atoms with E-state index in [1.807, 2.05) is 6.20 Å². The van der Waals surface area contributed by atoms with Crippen molar-refractivity contribution in [1.29, 1.82) is 0 Å². The van der Waals surface area contributed by atoms with Crippen molar-refractivity contribution >= 4 is 0 Å². The highest BCUT2D eigenvalue weighted by Gasteiger charge is 2.23. The van der Waals surface area contributed by atoms with Crippen molar-refractivity contribution in [2.75, 3.05) is 20.1 Å². The largest absolute Gasteiger partial charge is 0.445 e. The van der Waals surface area contributed by atoms with Gasteiger partial charge in [-0.1, -0.05) is 6.92 Å². The highest BCUT2D eigenvalue weighted by atomic mass is 16.4. The molecule has 16 heavy (non-hydrogen) atoms. The average Bonchev–Trinajstić information content (AvgIpc) is 2.89. The highest BCUT2D eigenvalue weighted by Crippen LogP contribution is 2.21. The van der Waals surface area contributed by atoms with Gasteiger partial charge in [-0.2, -0.15) is 0 Å². The second kappa shape index (κ2) is 4.97. The first-order chi connectivity index (χ1) is 7.70. The van der Waals surface area contributed by atoms with Crippen molar-refractivity contribution in [3.63, 3.8) is 0 Å². The molecule has 1 aliphatic heterocycles. The van der Waals surface area contributed by atoms with Crippen molar-refractivity contribution in [1.82, 2.24) is 9.88 Å². The van der Waals surface area contributed by atoms with E-state index in [4.69, 9.17) is 10.2 Å². The second-order valence-corrected chi connectivity index (χ2v) is 4.77. The van der Waals surface area contributed by atoms with Gasteiger partial charge in [-0.15, -0.1) is 0 Å². The Morgan fingerprint density at radius 3 is 3.12 bits per heavy atom. The summed E-state index contributed by atoms with van der Waals surface area (Å²) in [7, 11) is 2.17. The lowest BCUT2D eigenvalue weighted by Gasteiger charge is -2.17. The summed E-state index contributed by atoms with van der Waals surface area (Å²) in [5, 5.41) is 0. The number of oxazole rings is 1. The SMILES string of the molecule is CC(CN)c1cnc(CC2CCCN2C)o1. The van der Waals surface area contributed by atoms with Crippen LogP contribution in [-0.2, 0) is 6.42 Å². The van der Waals surface area contributed by atoms with Crippen molar-refractivity contribution in [3.05, 3.63) is 17.8 Å². The van der Waals surface area contributed by atoms with Gasteiger partial charge in [0.15, 0.2) is 5.89 Å². The highest BCUT2D eigenvalue weighted by molar-refractivity contribution is 5.02. The van der Waals surface area contributed by atoms with E-state index in [9.17, 15) is 0 Å². The van der Waals surface area contributed by atoms with Crippen LogP contribution in [0.25, 0.3) is 0 Å². The van der Waals surface area contributed by atoms with E-state index in [2.05, 4.69) is 23.9 Å². The molecular weight excluding hydrogens is 202 g/mol. The van der Waals surface area contributed by atoms with E-state index in [1.54, 1.807) is 0 Å². The summed E-state index contributed by atoms with van der Waals surface area (Å²) in [5.41, 5.74) is 5.60. The third-order valence-corrected chi connectivity index (χ3v) is 3.49. The number of likely N-dealkylation sites (N-methyl/N-ethyl adjacent to an activating group) is 1. The van der Waals surface area contributed by atoms with Crippen molar-refractivity contribution < 1.29 is 4.42 Å². The van der Waals surface area contributed by atoms with Crippen LogP contribution in [0.15, 0.2) is 10.6 Å². The van der Waals surface area contributed by atoms with Crippen LogP contribution in [0.3, 0.4) is 0 Å². The van der Waals surface area contributed by atoms with Crippen LogP contribution < -0.4 is 5.73 Å². The van der Waals surface area contributed by atoms with E-state index < -0.39 is 0 Å². The molecular formula is C12H21N3O. The molecule has 1 fully saturated rings. The van der Waals surface area contributed by atoms with Gasteiger partial charge >= 0.3 is 0 Å². The average molecular weight is 223 g/mol. The van der Waals surface area contributed by atoms with Crippen LogP contribution in [-0.4, -0.2) is 36.1 Å². The smallest absolute Gasteiger partial charge is 0.195 e. The Hall–Kier alpha value is -0.870. The van der Waals surface area contributed by atoms with Gasteiger partial charge in [-0.05, 0) is 26.4 Å². The first-order valence-electron chi connectivity index (χ1n) is 6.05. The summed E-state index contributed by atoms with van der Waals surface area (Å²) >= 11 is 0. The molecule has 1 aliphatic rings. The Morgan fingerprint density at radius 2 is 2.50 bits per heavy atom. The summed E-state index contributed by atoms with van der Waals surface area (Å²) < 4.78 is 5.73. The molecule has 0 bridgehead atoms. The van der Waals surface area contributed by atoms with Gasteiger partial charge in [0.05, 0.1) is 6.20 Å². The molecule has 1 aromatic heterocycles. The molecule has 2 rings (SSSR count). The van der Waals surface area contributed by atoms with Gasteiger partial charge in [0.2, 0.25) is 0 Å². The number of likely N-dealkylation sites (tertiary alicyclic amines) is 1. The molecule has 2 atom stereocenters. The summed E-state index contributed by atoms with van der Waals surface area (Å²) in [6.45, 7) is 3.86. The normalized spacial score (nSPS) is 23.8. The van der Waals surface area contributed by atoms with Crippen molar-refractivity contribution in [2.24, 2.45) is 5.73 Å². The number of nitrogens with zero attached hydrogens (tertiary/aromatic N) is 2. The predicted octanol–water partition coefficient (Wildman–Crippen LogP) is 1.37. The van der Waals surface area contributed by atoms with Gasteiger partial charge in [-0.25, -0.2) is 4.98 Å². The quantitative estimate of drug-likeness (QED) is 0.837. The van der Waals surface area contributed by atoms with Gasteiger partial charge in [0.1, 0.15) is 5.76 Å². The zero-order valence-corrected chi connectivity index (χ0v) is 10.1. The molecule has 0 spiro atoms. The van der Waals surface area contributed by atoms with Crippen LogP contribution in [0.5, 0.6) is 0 Å². The van der Waals surface area contributed by atoms with Gasteiger partial charge in [0, 0.05) is 24.9 Å². The number of rotatable bonds is 4. The number of nitrogens with two attached hydrogens (primary N) is 1. The number of aromatic nitrogens is 1. The molecule has 0 aromatic carbocycles. The van der Waals surface area contributed by atoms with Crippen molar-refractivity contribution in [2.45, 2.75) is 38.1 Å². The fourth-order valence-electron chi connectivity index (χ4n) is 2.20. The molecule has 1 saturated heterocycles. The lowest BCUT2D eigenvalue weighted by atomic mass is 10.1. The number of hydrogen-bond acceptors (Lipinski definition) is 4. The lowest BCUT2D eigenvalue weighted by molar-refractivity contribution is 0.288. The first kappa shape index (κ1) is 11.6. The molecule has 2 unspecified atom stereocenters. The van der Waals surface area contributed by atoms with Gasteiger partial charge in [0.25, 0.3) is 0 Å². The molecule has 4 heteroatoms. The minimum Gasteiger partial charge on any atom is -0.445 e. The fourth-order valence-corrected chi connectivity index (χ4v) is 2.20. The second-order valence-electron chi connectivity index (χ2n) is 4.77. The topological polar surface area (TPSA) is 55.3 Å². The minimum absolute atomic E-state index is 0.266. The Labute approximate surface area is 96.8 Å². The molecule has 4 nitrogen and oxygen atoms in total. The van der Waals surface area contributed by atoms with E-state index in [-0.39, 0.29) is 5.92 Å². The Morgan fingerprint density at radius 1 is 1.69 bits per heavy atom. The van der Waals surface area contributed by atoms with Crippen LogP contribution in [0.1, 0.15) is 37.3 Å². The third kappa shape index (κ3) is 2.44. The van der Waals surface area contributed by atoms with E-state index in [0.29, 0.717) is 12.6 Å². The summed E-state index contributed by atoms with van der Waals surface area (Å²) in [6, 6.07) is 0.597. The molecule has 2 N–H and O–H groups in total. The zero-order chi connectivity index (χ0) is 11.5. The molecule has 2 heterocycles.